The smallest absolute Gasteiger partial charge is 0.0499 e. The van der Waals surface area contributed by atoms with E-state index in [1.54, 1.807) is 0 Å². The Morgan fingerprint density at radius 3 is 3.00 bits per heavy atom. The zero-order valence-corrected chi connectivity index (χ0v) is 10.9. The Morgan fingerprint density at radius 1 is 1.33 bits per heavy atom. The van der Waals surface area contributed by atoms with Crippen LogP contribution in [0.4, 0.5) is 0 Å². The van der Waals surface area contributed by atoms with Gasteiger partial charge in [-0.1, -0.05) is 31.5 Å². The molecule has 18 heavy (non-hydrogen) atoms. The molecular formula is C15H22N2O. The third kappa shape index (κ3) is 3.12. The van der Waals surface area contributed by atoms with Gasteiger partial charge in [0.05, 0.1) is 0 Å². The van der Waals surface area contributed by atoms with Gasteiger partial charge in [-0.3, -0.25) is 0 Å². The molecule has 0 fully saturated rings. The van der Waals surface area contributed by atoms with Gasteiger partial charge in [-0.05, 0) is 35.9 Å². The quantitative estimate of drug-likeness (QED) is 0.703. The highest BCUT2D eigenvalue weighted by Crippen LogP contribution is 2.16. The molecule has 0 saturated carbocycles. The zero-order valence-electron chi connectivity index (χ0n) is 10.9. The van der Waals surface area contributed by atoms with Crippen LogP contribution in [-0.4, -0.2) is 23.2 Å². The van der Waals surface area contributed by atoms with E-state index in [1.165, 1.54) is 16.5 Å². The van der Waals surface area contributed by atoms with E-state index >= 15 is 0 Å². The Balaban J connectivity index is 1.92. The van der Waals surface area contributed by atoms with Gasteiger partial charge in [0, 0.05) is 24.9 Å². The van der Waals surface area contributed by atoms with Crippen molar-refractivity contribution in [3.8, 4) is 0 Å². The van der Waals surface area contributed by atoms with Gasteiger partial charge < -0.3 is 15.4 Å². The van der Waals surface area contributed by atoms with Crippen LogP contribution in [-0.2, 0) is 6.54 Å². The van der Waals surface area contributed by atoms with Gasteiger partial charge in [0.2, 0.25) is 0 Å². The van der Waals surface area contributed by atoms with Gasteiger partial charge in [-0.15, -0.1) is 0 Å². The maximum atomic E-state index is 8.96. The Kier molecular flexibility index (Phi) is 4.79. The number of fused-ring (bicyclic) bond motifs is 1. The molecule has 0 bridgehead atoms. The summed E-state index contributed by atoms with van der Waals surface area (Å²) in [6.07, 6.45) is 3.98. The molecule has 0 spiro atoms. The summed E-state index contributed by atoms with van der Waals surface area (Å²) in [7, 11) is 0. The molecule has 0 amide bonds. The first-order valence-electron chi connectivity index (χ1n) is 6.71. The molecule has 0 aliphatic heterocycles. The number of H-pyrrole nitrogens is 1. The van der Waals surface area contributed by atoms with Crippen LogP contribution in [0.25, 0.3) is 10.9 Å². The first kappa shape index (κ1) is 13.1. The van der Waals surface area contributed by atoms with E-state index in [0.29, 0.717) is 5.92 Å². The van der Waals surface area contributed by atoms with Crippen molar-refractivity contribution in [1.82, 2.24) is 10.3 Å². The number of aromatic amines is 1. The number of rotatable bonds is 7. The van der Waals surface area contributed by atoms with E-state index in [0.717, 1.165) is 25.9 Å². The number of nitrogens with one attached hydrogen (secondary N) is 2. The van der Waals surface area contributed by atoms with Gasteiger partial charge in [0.1, 0.15) is 0 Å². The van der Waals surface area contributed by atoms with E-state index < -0.39 is 0 Å². The summed E-state index contributed by atoms with van der Waals surface area (Å²) >= 11 is 0. The molecule has 98 valence electrons. The lowest BCUT2D eigenvalue weighted by molar-refractivity contribution is 0.251. The third-order valence-electron chi connectivity index (χ3n) is 3.54. The van der Waals surface area contributed by atoms with Crippen molar-refractivity contribution in [3.05, 3.63) is 36.0 Å². The molecule has 1 aromatic carbocycles. The minimum absolute atomic E-state index is 0.284. The summed E-state index contributed by atoms with van der Waals surface area (Å²) < 4.78 is 0. The Bertz CT molecular complexity index is 478. The first-order chi connectivity index (χ1) is 8.85. The topological polar surface area (TPSA) is 48.0 Å². The molecule has 2 aromatic rings. The molecule has 2 rings (SSSR count). The average Bonchev–Trinajstić information content (AvgIpc) is 2.86. The van der Waals surface area contributed by atoms with E-state index in [1.807, 2.05) is 6.20 Å². The standard InChI is InChI=1S/C15H22N2O/c1-2-12(7-9-18)10-16-11-14-5-3-4-13-6-8-17-15(13)14/h3-6,8,12,16-18H,2,7,9-11H2,1H3. The summed E-state index contributed by atoms with van der Waals surface area (Å²) in [5, 5.41) is 13.7. The van der Waals surface area contributed by atoms with E-state index in [2.05, 4.69) is 41.5 Å². The third-order valence-corrected chi connectivity index (χ3v) is 3.54. The molecule has 0 saturated heterocycles. The van der Waals surface area contributed by atoms with Crippen molar-refractivity contribution >= 4 is 10.9 Å². The minimum atomic E-state index is 0.284. The number of hydrogen-bond acceptors (Lipinski definition) is 2. The van der Waals surface area contributed by atoms with Gasteiger partial charge in [0.25, 0.3) is 0 Å². The fourth-order valence-electron chi connectivity index (χ4n) is 2.34. The monoisotopic (exact) mass is 246 g/mol. The summed E-state index contributed by atoms with van der Waals surface area (Å²) in [6.45, 7) is 4.30. The number of benzene rings is 1. The fourth-order valence-corrected chi connectivity index (χ4v) is 2.34. The molecule has 1 unspecified atom stereocenters. The van der Waals surface area contributed by atoms with Crippen molar-refractivity contribution < 1.29 is 5.11 Å². The van der Waals surface area contributed by atoms with E-state index in [-0.39, 0.29) is 6.61 Å². The lowest BCUT2D eigenvalue weighted by Crippen LogP contribution is -2.23. The molecule has 3 nitrogen and oxygen atoms in total. The highest BCUT2D eigenvalue weighted by molar-refractivity contribution is 5.82. The lowest BCUT2D eigenvalue weighted by atomic mass is 10.0. The SMILES string of the molecule is CCC(CCO)CNCc1cccc2cc[nH]c12. The summed E-state index contributed by atoms with van der Waals surface area (Å²) in [4.78, 5) is 3.29. The van der Waals surface area contributed by atoms with E-state index in [4.69, 9.17) is 5.11 Å². The van der Waals surface area contributed by atoms with Crippen molar-refractivity contribution in [2.45, 2.75) is 26.3 Å². The number of aliphatic hydroxyl groups excluding tert-OH is 1. The second kappa shape index (κ2) is 6.57. The normalized spacial score (nSPS) is 13.0. The fraction of sp³-hybridized carbons (Fsp3) is 0.467. The molecule has 3 N–H and O–H groups in total. The highest BCUT2D eigenvalue weighted by Gasteiger charge is 2.06. The van der Waals surface area contributed by atoms with Crippen LogP contribution in [0.15, 0.2) is 30.5 Å². The van der Waals surface area contributed by atoms with Gasteiger partial charge in [-0.25, -0.2) is 0 Å². The summed E-state index contributed by atoms with van der Waals surface area (Å²) in [5.41, 5.74) is 2.52. The van der Waals surface area contributed by atoms with Crippen LogP contribution in [0, 0.1) is 5.92 Å². The van der Waals surface area contributed by atoms with Crippen LogP contribution in [0.1, 0.15) is 25.3 Å². The number of aromatic nitrogens is 1. The molecule has 1 atom stereocenters. The van der Waals surface area contributed by atoms with Crippen molar-refractivity contribution in [3.63, 3.8) is 0 Å². The Morgan fingerprint density at radius 2 is 2.22 bits per heavy atom. The van der Waals surface area contributed by atoms with Crippen LogP contribution < -0.4 is 5.32 Å². The molecule has 1 aromatic heterocycles. The molecule has 0 radical (unpaired) electrons. The van der Waals surface area contributed by atoms with Gasteiger partial charge in [-0.2, -0.15) is 0 Å². The number of para-hydroxylation sites is 1. The molecular weight excluding hydrogens is 224 g/mol. The maximum Gasteiger partial charge on any atom is 0.0499 e. The van der Waals surface area contributed by atoms with Gasteiger partial charge >= 0.3 is 0 Å². The first-order valence-corrected chi connectivity index (χ1v) is 6.71. The Labute approximate surface area is 108 Å². The minimum Gasteiger partial charge on any atom is -0.396 e. The van der Waals surface area contributed by atoms with E-state index in [9.17, 15) is 0 Å². The predicted octanol–water partition coefficient (Wildman–Crippen LogP) is 2.67. The number of hydrogen-bond donors (Lipinski definition) is 3. The van der Waals surface area contributed by atoms with Crippen LogP contribution in [0.3, 0.4) is 0 Å². The van der Waals surface area contributed by atoms with Crippen molar-refractivity contribution in [2.75, 3.05) is 13.2 Å². The second-order valence-corrected chi connectivity index (χ2v) is 4.78. The summed E-state index contributed by atoms with van der Waals surface area (Å²) in [5.74, 6) is 0.567. The second-order valence-electron chi connectivity index (χ2n) is 4.78. The molecule has 0 aliphatic rings. The van der Waals surface area contributed by atoms with Crippen LogP contribution in [0.5, 0.6) is 0 Å². The molecule has 3 heteroatoms. The van der Waals surface area contributed by atoms with Crippen LogP contribution in [0.2, 0.25) is 0 Å². The van der Waals surface area contributed by atoms with Crippen molar-refractivity contribution in [1.29, 1.82) is 0 Å². The predicted molar refractivity (Wildman–Crippen MR) is 75.5 cm³/mol. The van der Waals surface area contributed by atoms with Crippen LogP contribution >= 0.6 is 0 Å². The lowest BCUT2D eigenvalue weighted by Gasteiger charge is -2.14. The molecule has 1 heterocycles. The van der Waals surface area contributed by atoms with Crippen molar-refractivity contribution in [2.24, 2.45) is 5.92 Å². The highest BCUT2D eigenvalue weighted by atomic mass is 16.3. The maximum absolute atomic E-state index is 8.96. The molecule has 0 aliphatic carbocycles. The number of aliphatic hydroxyl groups is 1. The zero-order chi connectivity index (χ0) is 12.8. The van der Waals surface area contributed by atoms with Gasteiger partial charge in [0.15, 0.2) is 0 Å². The summed E-state index contributed by atoms with van der Waals surface area (Å²) in [6, 6.07) is 8.46. The average molecular weight is 246 g/mol. The Hall–Kier alpha value is -1.32. The largest absolute Gasteiger partial charge is 0.396 e.